The van der Waals surface area contributed by atoms with Crippen LogP contribution >= 0.6 is 0 Å². The summed E-state index contributed by atoms with van der Waals surface area (Å²) in [6.07, 6.45) is 4.47. The van der Waals surface area contributed by atoms with Gasteiger partial charge in [0.2, 0.25) is 0 Å². The number of nitriles is 2. The minimum atomic E-state index is -0.839. The van der Waals surface area contributed by atoms with Gasteiger partial charge in [-0.25, -0.2) is 4.39 Å². The summed E-state index contributed by atoms with van der Waals surface area (Å²) < 4.78 is 27.4. The molecule has 0 bridgehead atoms. The molecule has 1 aromatic carbocycles. The number of aromatic nitrogens is 2. The van der Waals surface area contributed by atoms with Crippen LogP contribution in [0.2, 0.25) is 0 Å². The molecule has 0 saturated carbocycles. The van der Waals surface area contributed by atoms with Crippen molar-refractivity contribution in [3.63, 3.8) is 0 Å². The highest BCUT2D eigenvalue weighted by atomic mass is 19.1. The minimum absolute atomic E-state index is 0.255. The second kappa shape index (κ2) is 9.29. The molecule has 0 radical (unpaired) electrons. The van der Waals surface area contributed by atoms with Crippen molar-refractivity contribution in [1.82, 2.24) is 14.9 Å². The number of alkyl halides is 1. The highest BCUT2D eigenvalue weighted by Crippen LogP contribution is 2.51. The molecule has 10 heteroatoms. The number of halogens is 1. The molecule has 5 heterocycles. The van der Waals surface area contributed by atoms with E-state index < -0.39 is 11.8 Å². The summed E-state index contributed by atoms with van der Waals surface area (Å²) in [7, 11) is 0. The van der Waals surface area contributed by atoms with E-state index in [1.807, 2.05) is 17.0 Å². The van der Waals surface area contributed by atoms with Gasteiger partial charge >= 0.3 is 6.01 Å². The second-order valence-corrected chi connectivity index (χ2v) is 12.3. The van der Waals surface area contributed by atoms with Gasteiger partial charge in [0.15, 0.2) is 0 Å². The summed E-state index contributed by atoms with van der Waals surface area (Å²) >= 11 is 0. The van der Waals surface area contributed by atoms with Gasteiger partial charge in [-0.2, -0.15) is 20.5 Å². The number of ether oxygens (including phenoxy) is 2. The highest BCUT2D eigenvalue weighted by Gasteiger charge is 2.50. The molecular weight excluding hydrogens is 509 g/mol. The third kappa shape index (κ3) is 3.77. The summed E-state index contributed by atoms with van der Waals surface area (Å²) in [5, 5.41) is 19.8. The fraction of sp³-hybridized carbons (Fsp3) is 0.600. The van der Waals surface area contributed by atoms with Crippen LogP contribution in [0.15, 0.2) is 12.1 Å². The van der Waals surface area contributed by atoms with Crippen LogP contribution in [-0.4, -0.2) is 58.9 Å². The van der Waals surface area contributed by atoms with E-state index in [0.29, 0.717) is 43.1 Å². The monoisotopic (exact) mass is 543 g/mol. The van der Waals surface area contributed by atoms with Crippen LogP contribution in [0.4, 0.5) is 15.9 Å². The smallest absolute Gasteiger partial charge is 0.318 e. The first-order valence-electron chi connectivity index (χ1n) is 14.4. The molecule has 1 aromatic heterocycles. The SMILES string of the molecule is CC1CCC2(Cc3nc(OCC45CCCN4CC(F)C5)nc(N4CCC4C#N)c3CO2)c2c1ccc(N)c2C#N. The van der Waals surface area contributed by atoms with E-state index in [9.17, 15) is 14.9 Å². The molecule has 0 amide bonds. The van der Waals surface area contributed by atoms with Crippen molar-refractivity contribution in [1.29, 1.82) is 10.5 Å². The van der Waals surface area contributed by atoms with Crippen molar-refractivity contribution in [3.8, 4) is 18.1 Å². The van der Waals surface area contributed by atoms with Crippen LogP contribution in [0.5, 0.6) is 6.01 Å². The number of nitrogen functional groups attached to an aromatic ring is 1. The van der Waals surface area contributed by atoms with E-state index in [0.717, 1.165) is 67.6 Å². The molecule has 5 aliphatic rings. The van der Waals surface area contributed by atoms with Crippen molar-refractivity contribution < 1.29 is 13.9 Å². The average molecular weight is 544 g/mol. The molecule has 7 rings (SSSR count). The van der Waals surface area contributed by atoms with E-state index in [2.05, 4.69) is 24.0 Å². The summed E-state index contributed by atoms with van der Waals surface area (Å²) in [5.41, 5.74) is 9.84. The summed E-state index contributed by atoms with van der Waals surface area (Å²) in [6, 6.07) is 8.57. The fourth-order valence-electron chi connectivity index (χ4n) is 7.75. The Balaban J connectivity index is 1.28. The van der Waals surface area contributed by atoms with Gasteiger partial charge in [-0.15, -0.1) is 0 Å². The standard InChI is InChI=1S/C30H34FN7O2/c1-18-5-8-30(26-21(18)3-4-24(34)22(26)14-33)12-25-23(16-40-30)27(38-10-6-20(38)13-32)36-28(35-25)39-17-29-7-2-9-37(29)15-19(31)11-29/h3-4,18-20H,2,5-12,15-17,34H2,1H3. The summed E-state index contributed by atoms with van der Waals surface area (Å²) in [5.74, 6) is 0.968. The Labute approximate surface area is 233 Å². The third-order valence-electron chi connectivity index (χ3n) is 10.0. The van der Waals surface area contributed by atoms with Gasteiger partial charge in [-0.05, 0) is 56.2 Å². The van der Waals surface area contributed by atoms with E-state index in [1.165, 1.54) is 0 Å². The van der Waals surface area contributed by atoms with Gasteiger partial charge in [0.05, 0.1) is 29.5 Å². The molecular formula is C30H34FN7O2. The van der Waals surface area contributed by atoms with Crippen LogP contribution in [0.1, 0.15) is 79.3 Å². The number of anilines is 2. The van der Waals surface area contributed by atoms with Crippen LogP contribution in [0.3, 0.4) is 0 Å². The molecule has 1 spiro atoms. The quantitative estimate of drug-likeness (QED) is 0.573. The molecule has 1 aliphatic carbocycles. The van der Waals surface area contributed by atoms with Crippen molar-refractivity contribution in [2.75, 3.05) is 36.9 Å². The van der Waals surface area contributed by atoms with Crippen molar-refractivity contribution in [3.05, 3.63) is 40.1 Å². The average Bonchev–Trinajstić information content (AvgIpc) is 3.45. The Kier molecular flexibility index (Phi) is 5.92. The summed E-state index contributed by atoms with van der Waals surface area (Å²) in [6.45, 7) is 4.86. The lowest BCUT2D eigenvalue weighted by Gasteiger charge is -2.46. The molecule has 3 saturated heterocycles. The van der Waals surface area contributed by atoms with Crippen LogP contribution in [-0.2, 0) is 23.4 Å². The fourth-order valence-corrected chi connectivity index (χ4v) is 7.75. The zero-order chi connectivity index (χ0) is 27.6. The lowest BCUT2D eigenvalue weighted by molar-refractivity contribution is -0.0874. The Morgan fingerprint density at radius 3 is 2.88 bits per heavy atom. The predicted octanol–water partition coefficient (Wildman–Crippen LogP) is 3.85. The van der Waals surface area contributed by atoms with E-state index in [-0.39, 0.29) is 30.1 Å². The minimum Gasteiger partial charge on any atom is -0.461 e. The second-order valence-electron chi connectivity index (χ2n) is 12.3. The van der Waals surface area contributed by atoms with Gasteiger partial charge < -0.3 is 20.1 Å². The van der Waals surface area contributed by atoms with Crippen molar-refractivity contribution >= 4 is 11.5 Å². The largest absolute Gasteiger partial charge is 0.461 e. The topological polar surface area (TPSA) is 124 Å². The third-order valence-corrected chi connectivity index (χ3v) is 10.0. The number of hydrogen-bond acceptors (Lipinski definition) is 9. The maximum Gasteiger partial charge on any atom is 0.318 e. The maximum atomic E-state index is 14.4. The Bertz CT molecular complexity index is 1450. The first-order valence-corrected chi connectivity index (χ1v) is 14.4. The van der Waals surface area contributed by atoms with E-state index >= 15 is 0 Å². The molecule has 2 aromatic rings. The lowest BCUT2D eigenvalue weighted by atomic mass is 9.69. The van der Waals surface area contributed by atoms with Crippen molar-refractivity contribution in [2.45, 2.75) is 87.7 Å². The zero-order valence-corrected chi connectivity index (χ0v) is 22.8. The molecule has 9 nitrogen and oxygen atoms in total. The number of hydrogen-bond donors (Lipinski definition) is 1. The van der Waals surface area contributed by atoms with Crippen LogP contribution < -0.4 is 15.4 Å². The number of rotatable bonds is 4. The van der Waals surface area contributed by atoms with Gasteiger partial charge in [0.25, 0.3) is 0 Å². The molecule has 3 fully saturated rings. The van der Waals surface area contributed by atoms with Gasteiger partial charge in [0, 0.05) is 42.7 Å². The summed E-state index contributed by atoms with van der Waals surface area (Å²) in [4.78, 5) is 14.0. The molecule has 5 unspecified atom stereocenters. The van der Waals surface area contributed by atoms with Gasteiger partial charge in [-0.3, -0.25) is 4.90 Å². The molecule has 5 atom stereocenters. The first-order chi connectivity index (χ1) is 19.4. The van der Waals surface area contributed by atoms with Crippen LogP contribution in [0, 0.1) is 22.7 Å². The Hall–Kier alpha value is -3.47. The normalized spacial score (nSPS) is 32.5. The highest BCUT2D eigenvalue weighted by molar-refractivity contribution is 5.64. The molecule has 208 valence electrons. The number of fused-ring (bicyclic) bond motifs is 4. The number of nitrogens with zero attached hydrogens (tertiary/aromatic N) is 6. The molecule has 2 N–H and O–H groups in total. The van der Waals surface area contributed by atoms with E-state index in [4.69, 9.17) is 25.2 Å². The zero-order valence-electron chi connectivity index (χ0n) is 22.8. The van der Waals surface area contributed by atoms with Crippen LogP contribution in [0.25, 0.3) is 0 Å². The van der Waals surface area contributed by atoms with E-state index in [1.54, 1.807) is 0 Å². The first kappa shape index (κ1) is 25.5. The molecule has 4 aliphatic heterocycles. The number of benzene rings is 1. The van der Waals surface area contributed by atoms with Gasteiger partial charge in [0.1, 0.15) is 36.3 Å². The Morgan fingerprint density at radius 1 is 1.23 bits per heavy atom. The maximum absolute atomic E-state index is 14.4. The molecule has 40 heavy (non-hydrogen) atoms. The lowest BCUT2D eigenvalue weighted by Crippen LogP contribution is -2.49. The predicted molar refractivity (Wildman–Crippen MR) is 145 cm³/mol. The Morgan fingerprint density at radius 2 is 2.10 bits per heavy atom. The van der Waals surface area contributed by atoms with Crippen molar-refractivity contribution in [2.24, 2.45) is 0 Å². The van der Waals surface area contributed by atoms with Gasteiger partial charge in [-0.1, -0.05) is 13.0 Å². The number of nitrogens with two attached hydrogens (primary N) is 1.